The van der Waals surface area contributed by atoms with Gasteiger partial charge in [0.25, 0.3) is 15.7 Å². The number of hydrogen-bond donors (Lipinski definition) is 1. The fraction of sp³-hybridized carbons (Fsp3) is 0.0769. The third kappa shape index (κ3) is 3.18. The maximum atomic E-state index is 13.5. The van der Waals surface area contributed by atoms with Crippen molar-refractivity contribution in [3.05, 3.63) is 62.9 Å². The number of sulfonamides is 1. The predicted octanol–water partition coefficient (Wildman–Crippen LogP) is 3.50. The first kappa shape index (κ1) is 16.2. The largest absolute Gasteiger partial charge is 0.295 e. The van der Waals surface area contributed by atoms with Crippen molar-refractivity contribution in [1.29, 1.82) is 0 Å². The van der Waals surface area contributed by atoms with Gasteiger partial charge in [0.1, 0.15) is 16.5 Å². The van der Waals surface area contributed by atoms with E-state index in [0.717, 1.165) is 17.7 Å². The summed E-state index contributed by atoms with van der Waals surface area (Å²) in [6.07, 6.45) is 0. The first-order chi connectivity index (χ1) is 10.2. The van der Waals surface area contributed by atoms with Crippen LogP contribution in [0.5, 0.6) is 0 Å². The maximum absolute atomic E-state index is 13.5. The van der Waals surface area contributed by atoms with E-state index in [0.29, 0.717) is 0 Å². The second-order valence-corrected chi connectivity index (χ2v) is 6.49. The smallest absolute Gasteiger partial charge is 0.272 e. The van der Waals surface area contributed by atoms with Crippen molar-refractivity contribution < 1.29 is 17.7 Å². The Morgan fingerprint density at radius 2 is 1.77 bits per heavy atom. The van der Waals surface area contributed by atoms with Crippen molar-refractivity contribution >= 4 is 33.0 Å². The molecule has 22 heavy (non-hydrogen) atoms. The Hall–Kier alpha value is -2.19. The lowest BCUT2D eigenvalue weighted by molar-refractivity contribution is -0.383. The molecule has 0 aliphatic rings. The van der Waals surface area contributed by atoms with Crippen LogP contribution in [0.25, 0.3) is 0 Å². The molecule has 0 spiro atoms. The zero-order valence-electron chi connectivity index (χ0n) is 11.2. The van der Waals surface area contributed by atoms with Crippen molar-refractivity contribution in [3.63, 3.8) is 0 Å². The second-order valence-electron chi connectivity index (χ2n) is 4.43. The Kier molecular flexibility index (Phi) is 4.34. The molecule has 0 atom stereocenters. The fourth-order valence-corrected chi connectivity index (χ4v) is 3.05. The Balaban J connectivity index is 2.52. The van der Waals surface area contributed by atoms with E-state index in [-0.39, 0.29) is 4.90 Å². The van der Waals surface area contributed by atoms with Gasteiger partial charge in [-0.05, 0) is 25.1 Å². The van der Waals surface area contributed by atoms with Crippen LogP contribution in [0, 0.1) is 22.9 Å². The summed E-state index contributed by atoms with van der Waals surface area (Å²) in [5, 5.41) is 10.3. The topological polar surface area (TPSA) is 89.3 Å². The number of aryl methyl sites for hydroxylation is 1. The summed E-state index contributed by atoms with van der Waals surface area (Å²) in [5.74, 6) is -0.964. The van der Waals surface area contributed by atoms with Crippen LogP contribution in [0.15, 0.2) is 41.3 Å². The zero-order valence-corrected chi connectivity index (χ0v) is 12.8. The molecule has 9 heteroatoms. The highest BCUT2D eigenvalue weighted by atomic mass is 35.5. The van der Waals surface area contributed by atoms with Gasteiger partial charge in [-0.25, -0.2) is 12.8 Å². The summed E-state index contributed by atoms with van der Waals surface area (Å²) in [7, 11) is -4.13. The molecule has 0 bridgehead atoms. The summed E-state index contributed by atoms with van der Waals surface area (Å²) in [5.41, 5.74) is -0.400. The molecule has 2 rings (SSSR count). The van der Waals surface area contributed by atoms with Gasteiger partial charge in [0.2, 0.25) is 0 Å². The number of nitrogens with zero attached hydrogens (tertiary/aromatic N) is 1. The molecular weight excluding hydrogens is 335 g/mol. The number of hydrogen-bond acceptors (Lipinski definition) is 4. The van der Waals surface area contributed by atoms with E-state index in [1.807, 2.05) is 4.72 Å². The van der Waals surface area contributed by atoms with E-state index in [4.69, 9.17) is 11.6 Å². The third-order valence-electron chi connectivity index (χ3n) is 2.84. The normalized spacial score (nSPS) is 11.2. The lowest BCUT2D eigenvalue weighted by Crippen LogP contribution is -2.14. The standard InChI is InChI=1S/C13H10ClFN2O4S/c1-8-2-4-9(5-3-8)22(20,21)16-13-11(17(18)19)7-6-10(15)12(13)14/h2-7,16H,1H3. The molecule has 116 valence electrons. The molecule has 0 heterocycles. The first-order valence-corrected chi connectivity index (χ1v) is 7.80. The first-order valence-electron chi connectivity index (χ1n) is 5.94. The van der Waals surface area contributed by atoms with E-state index < -0.39 is 37.2 Å². The molecule has 0 amide bonds. The van der Waals surface area contributed by atoms with E-state index in [2.05, 4.69) is 0 Å². The van der Waals surface area contributed by atoms with Gasteiger partial charge in [0, 0.05) is 6.07 Å². The summed E-state index contributed by atoms with van der Waals surface area (Å²) < 4.78 is 39.9. The average Bonchev–Trinajstić information content (AvgIpc) is 2.44. The summed E-state index contributed by atoms with van der Waals surface area (Å²) in [6.45, 7) is 1.78. The lowest BCUT2D eigenvalue weighted by Gasteiger charge is -2.10. The number of rotatable bonds is 4. The minimum absolute atomic E-state index is 0.118. The number of benzene rings is 2. The highest BCUT2D eigenvalue weighted by Gasteiger charge is 2.25. The van der Waals surface area contributed by atoms with Crippen molar-refractivity contribution in [1.82, 2.24) is 0 Å². The minimum atomic E-state index is -4.13. The maximum Gasteiger partial charge on any atom is 0.295 e. The van der Waals surface area contributed by atoms with E-state index in [1.165, 1.54) is 12.1 Å². The molecule has 0 aliphatic heterocycles. The molecule has 0 aromatic heterocycles. The van der Waals surface area contributed by atoms with Gasteiger partial charge in [-0.2, -0.15) is 0 Å². The average molecular weight is 345 g/mol. The van der Waals surface area contributed by atoms with Crippen LogP contribution in [0.1, 0.15) is 5.56 Å². The Labute approximate surface area is 130 Å². The van der Waals surface area contributed by atoms with Crippen LogP contribution in [-0.4, -0.2) is 13.3 Å². The SMILES string of the molecule is Cc1ccc(S(=O)(=O)Nc2c([N+](=O)[O-])ccc(F)c2Cl)cc1. The van der Waals surface area contributed by atoms with Gasteiger partial charge in [-0.3, -0.25) is 14.8 Å². The molecule has 0 saturated carbocycles. The van der Waals surface area contributed by atoms with Gasteiger partial charge in [-0.1, -0.05) is 29.3 Å². The molecule has 0 radical (unpaired) electrons. The summed E-state index contributed by atoms with van der Waals surface area (Å²) in [6, 6.07) is 7.43. The van der Waals surface area contributed by atoms with E-state index >= 15 is 0 Å². The van der Waals surface area contributed by atoms with Gasteiger partial charge in [0.05, 0.1) is 9.82 Å². The van der Waals surface area contributed by atoms with Crippen molar-refractivity contribution in [2.24, 2.45) is 0 Å². The number of halogens is 2. The molecular formula is C13H10ClFN2O4S. The molecule has 0 aliphatic carbocycles. The number of nitro benzene ring substituents is 1. The van der Waals surface area contributed by atoms with Crippen LogP contribution in [0.3, 0.4) is 0 Å². The fourth-order valence-electron chi connectivity index (χ4n) is 1.70. The molecule has 0 saturated heterocycles. The van der Waals surface area contributed by atoms with Crippen LogP contribution in [0.4, 0.5) is 15.8 Å². The van der Waals surface area contributed by atoms with Gasteiger partial charge >= 0.3 is 0 Å². The van der Waals surface area contributed by atoms with Crippen molar-refractivity contribution in [2.45, 2.75) is 11.8 Å². The molecule has 1 N–H and O–H groups in total. The number of nitro groups is 1. The highest BCUT2D eigenvalue weighted by molar-refractivity contribution is 7.92. The Bertz CT molecular complexity index is 838. The third-order valence-corrected chi connectivity index (χ3v) is 4.57. The van der Waals surface area contributed by atoms with Crippen LogP contribution in [-0.2, 0) is 10.0 Å². The molecule has 0 unspecified atom stereocenters. The Morgan fingerprint density at radius 1 is 1.18 bits per heavy atom. The predicted molar refractivity (Wildman–Crippen MR) is 80.1 cm³/mol. The second kappa shape index (κ2) is 5.90. The molecule has 2 aromatic rings. The van der Waals surface area contributed by atoms with Crippen LogP contribution < -0.4 is 4.72 Å². The Morgan fingerprint density at radius 3 is 2.32 bits per heavy atom. The van der Waals surface area contributed by atoms with Gasteiger partial charge < -0.3 is 0 Å². The van der Waals surface area contributed by atoms with E-state index in [1.54, 1.807) is 19.1 Å². The monoisotopic (exact) mass is 344 g/mol. The molecule has 2 aromatic carbocycles. The molecule has 6 nitrogen and oxygen atoms in total. The number of nitrogens with one attached hydrogen (secondary N) is 1. The minimum Gasteiger partial charge on any atom is -0.272 e. The molecule has 0 fully saturated rings. The quantitative estimate of drug-likeness (QED) is 0.679. The van der Waals surface area contributed by atoms with Crippen molar-refractivity contribution in [2.75, 3.05) is 4.72 Å². The van der Waals surface area contributed by atoms with E-state index in [9.17, 15) is 22.9 Å². The van der Waals surface area contributed by atoms with Crippen molar-refractivity contribution in [3.8, 4) is 0 Å². The van der Waals surface area contributed by atoms with Gasteiger partial charge in [0.15, 0.2) is 0 Å². The lowest BCUT2D eigenvalue weighted by atomic mass is 10.2. The highest BCUT2D eigenvalue weighted by Crippen LogP contribution is 2.35. The zero-order chi connectivity index (χ0) is 16.5. The number of anilines is 1. The van der Waals surface area contributed by atoms with Gasteiger partial charge in [-0.15, -0.1) is 0 Å². The summed E-state index contributed by atoms with van der Waals surface area (Å²) >= 11 is 5.65. The summed E-state index contributed by atoms with van der Waals surface area (Å²) in [4.78, 5) is 9.98. The van der Waals surface area contributed by atoms with Crippen LogP contribution >= 0.6 is 11.6 Å². The van der Waals surface area contributed by atoms with Crippen LogP contribution in [0.2, 0.25) is 5.02 Å².